The van der Waals surface area contributed by atoms with E-state index in [1.165, 1.54) is 5.57 Å². The summed E-state index contributed by atoms with van der Waals surface area (Å²) >= 11 is 2.37. The molecule has 6 aromatic rings. The highest BCUT2D eigenvalue weighted by Gasteiger charge is 2.11. The van der Waals surface area contributed by atoms with Crippen LogP contribution in [0.15, 0.2) is 169 Å². The SMILES string of the molecule is ICc1cc(OCc2cc(OCC3=CCCC=C3)cc(OCc3ccccc3)c2)cc(OCc2cc(OCc3ccccc3)cc(OCc3ccccc3)c2)c1. The summed E-state index contributed by atoms with van der Waals surface area (Å²) in [5, 5.41) is 0. The van der Waals surface area contributed by atoms with E-state index < -0.39 is 0 Å². The maximum atomic E-state index is 6.42. The molecule has 0 spiro atoms. The molecular weight excluding hydrogens is 811 g/mol. The summed E-state index contributed by atoms with van der Waals surface area (Å²) < 4.78 is 38.6. The van der Waals surface area contributed by atoms with Crippen LogP contribution in [0.3, 0.4) is 0 Å². The van der Waals surface area contributed by atoms with E-state index in [4.69, 9.17) is 28.4 Å². The van der Waals surface area contributed by atoms with Gasteiger partial charge < -0.3 is 28.4 Å². The molecule has 0 saturated heterocycles. The second-order valence-electron chi connectivity index (χ2n) is 13.5. The quantitative estimate of drug-likeness (QED) is 0.0597. The number of ether oxygens (including phenoxy) is 6. The lowest BCUT2D eigenvalue weighted by Crippen LogP contribution is -2.04. The van der Waals surface area contributed by atoms with Crippen molar-refractivity contribution in [3.8, 4) is 34.5 Å². The second kappa shape index (κ2) is 20.3. The van der Waals surface area contributed by atoms with Gasteiger partial charge in [-0.15, -0.1) is 0 Å². The Kier molecular flexibility index (Phi) is 14.0. The third-order valence-corrected chi connectivity index (χ3v) is 9.89. The zero-order valence-corrected chi connectivity index (χ0v) is 33.4. The molecule has 1 aliphatic carbocycles. The summed E-state index contributed by atoms with van der Waals surface area (Å²) in [4.78, 5) is 0. The highest BCUT2D eigenvalue weighted by molar-refractivity contribution is 14.1. The minimum absolute atomic E-state index is 0.321. The van der Waals surface area contributed by atoms with Crippen molar-refractivity contribution in [3.63, 3.8) is 0 Å². The fourth-order valence-corrected chi connectivity index (χ4v) is 6.57. The first-order chi connectivity index (χ1) is 27.6. The number of hydrogen-bond donors (Lipinski definition) is 0. The molecule has 1 aliphatic rings. The normalized spacial score (nSPS) is 12.1. The number of halogens is 1. The molecule has 0 saturated carbocycles. The molecule has 0 N–H and O–H groups in total. The zero-order chi connectivity index (χ0) is 38.2. The van der Waals surface area contributed by atoms with Crippen molar-refractivity contribution < 1.29 is 28.4 Å². The Balaban J connectivity index is 1.04. The molecule has 7 heteroatoms. The van der Waals surface area contributed by atoms with Gasteiger partial charge in [0.05, 0.1) is 0 Å². The molecule has 0 heterocycles. The molecule has 0 unspecified atom stereocenters. The van der Waals surface area contributed by atoms with Gasteiger partial charge in [0.25, 0.3) is 0 Å². The average molecular weight is 857 g/mol. The predicted molar refractivity (Wildman–Crippen MR) is 230 cm³/mol. The van der Waals surface area contributed by atoms with Crippen LogP contribution < -0.4 is 28.4 Å². The summed E-state index contributed by atoms with van der Waals surface area (Å²) in [6.45, 7) is 2.51. The number of hydrogen-bond acceptors (Lipinski definition) is 6. The van der Waals surface area contributed by atoms with Crippen LogP contribution in [0.1, 0.15) is 46.2 Å². The van der Waals surface area contributed by atoms with Crippen molar-refractivity contribution in [2.75, 3.05) is 6.61 Å². The van der Waals surface area contributed by atoms with Crippen LogP contribution in [0.4, 0.5) is 0 Å². The Morgan fingerprint density at radius 1 is 0.357 bits per heavy atom. The van der Waals surface area contributed by atoms with Crippen molar-refractivity contribution in [1.82, 2.24) is 0 Å². The van der Waals surface area contributed by atoms with Gasteiger partial charge in [-0.2, -0.15) is 0 Å². The fourth-order valence-electron chi connectivity index (χ4n) is 6.13. The lowest BCUT2D eigenvalue weighted by molar-refractivity contribution is 0.277. The molecule has 6 aromatic carbocycles. The van der Waals surface area contributed by atoms with E-state index in [-0.39, 0.29) is 0 Å². The average Bonchev–Trinajstić information content (AvgIpc) is 3.26. The van der Waals surface area contributed by atoms with E-state index in [9.17, 15) is 0 Å². The van der Waals surface area contributed by atoms with Crippen LogP contribution in [-0.2, 0) is 37.5 Å². The molecule has 6 nitrogen and oxygen atoms in total. The first-order valence-electron chi connectivity index (χ1n) is 18.9. The van der Waals surface area contributed by atoms with Gasteiger partial charge in [0.15, 0.2) is 0 Å². The summed E-state index contributed by atoms with van der Waals surface area (Å²) in [7, 11) is 0. The van der Waals surface area contributed by atoms with E-state index in [2.05, 4.69) is 89.3 Å². The maximum Gasteiger partial charge on any atom is 0.123 e. The van der Waals surface area contributed by atoms with Crippen molar-refractivity contribution >= 4 is 22.6 Å². The largest absolute Gasteiger partial charge is 0.489 e. The van der Waals surface area contributed by atoms with Crippen molar-refractivity contribution in [2.45, 2.75) is 50.3 Å². The molecule has 0 amide bonds. The smallest absolute Gasteiger partial charge is 0.123 e. The minimum atomic E-state index is 0.321. The summed E-state index contributed by atoms with van der Waals surface area (Å²) in [5.41, 5.74) is 7.43. The van der Waals surface area contributed by atoms with Gasteiger partial charge in [-0.05, 0) is 88.2 Å². The third-order valence-electron chi connectivity index (χ3n) is 9.01. The standard InChI is InChI=1S/C49H45IO6/c50-30-41-21-44(55-35-42-23-46(51-31-37-13-5-1-6-14-37)28-47(24-42)52-32-38-15-7-2-8-16-38)27-45(22-41)56-36-43-25-48(53-33-39-17-9-3-10-18-39)29-49(26-43)54-34-40-19-11-4-12-20-40/h1-3,5-11,13-29H,4,12,30-36H2. The highest BCUT2D eigenvalue weighted by atomic mass is 127. The molecule has 0 aromatic heterocycles. The Morgan fingerprint density at radius 2 is 0.696 bits per heavy atom. The Bertz CT molecular complexity index is 2140. The second-order valence-corrected chi connectivity index (χ2v) is 14.3. The van der Waals surface area contributed by atoms with Crippen molar-refractivity contribution in [2.24, 2.45) is 0 Å². The van der Waals surface area contributed by atoms with E-state index in [1.807, 2.05) is 97.1 Å². The Morgan fingerprint density at radius 3 is 1.04 bits per heavy atom. The molecule has 0 fully saturated rings. The van der Waals surface area contributed by atoms with Gasteiger partial charge in [0.2, 0.25) is 0 Å². The monoisotopic (exact) mass is 856 g/mol. The predicted octanol–water partition coefficient (Wildman–Crippen LogP) is 12.2. The number of rotatable bonds is 19. The van der Waals surface area contributed by atoms with Crippen LogP contribution in [0.25, 0.3) is 0 Å². The molecule has 0 radical (unpaired) electrons. The number of allylic oxidation sites excluding steroid dienone is 2. The van der Waals surface area contributed by atoms with Crippen LogP contribution in [0.5, 0.6) is 34.5 Å². The Hall–Kier alpha value is -5.67. The summed E-state index contributed by atoms with van der Waals surface area (Å²) in [6.07, 6.45) is 8.67. The number of alkyl halides is 1. The van der Waals surface area contributed by atoms with Gasteiger partial charge in [-0.1, -0.05) is 132 Å². The van der Waals surface area contributed by atoms with Gasteiger partial charge in [-0.25, -0.2) is 0 Å². The molecule has 7 rings (SSSR count). The van der Waals surface area contributed by atoms with E-state index in [0.29, 0.717) is 56.9 Å². The summed E-state index contributed by atoms with van der Waals surface area (Å²) in [6, 6.07) is 48.4. The van der Waals surface area contributed by atoms with Crippen LogP contribution in [0.2, 0.25) is 0 Å². The molecule has 0 aliphatic heterocycles. The molecule has 56 heavy (non-hydrogen) atoms. The Labute approximate surface area is 343 Å². The van der Waals surface area contributed by atoms with Gasteiger partial charge in [-0.3, -0.25) is 0 Å². The zero-order valence-electron chi connectivity index (χ0n) is 31.3. The molecule has 284 valence electrons. The van der Waals surface area contributed by atoms with Gasteiger partial charge >= 0.3 is 0 Å². The van der Waals surface area contributed by atoms with E-state index in [0.717, 1.165) is 67.9 Å². The summed E-state index contributed by atoms with van der Waals surface area (Å²) in [5.74, 6) is 4.33. The van der Waals surface area contributed by atoms with Crippen LogP contribution in [-0.4, -0.2) is 6.61 Å². The van der Waals surface area contributed by atoms with Gasteiger partial charge in [0.1, 0.15) is 74.1 Å². The molecular formula is C49H45IO6. The maximum absolute atomic E-state index is 6.42. The lowest BCUT2D eigenvalue weighted by Gasteiger charge is -2.16. The van der Waals surface area contributed by atoms with Crippen LogP contribution in [0, 0.1) is 0 Å². The highest BCUT2D eigenvalue weighted by Crippen LogP contribution is 2.30. The van der Waals surface area contributed by atoms with Gasteiger partial charge in [0, 0.05) is 22.6 Å². The minimum Gasteiger partial charge on any atom is -0.489 e. The van der Waals surface area contributed by atoms with Crippen molar-refractivity contribution in [1.29, 1.82) is 0 Å². The lowest BCUT2D eigenvalue weighted by atomic mass is 10.1. The topological polar surface area (TPSA) is 55.4 Å². The fraction of sp³-hybridized carbons (Fsp3) is 0.184. The first kappa shape index (κ1) is 38.6. The molecule has 0 bridgehead atoms. The first-order valence-corrected chi connectivity index (χ1v) is 20.4. The molecule has 0 atom stereocenters. The van der Waals surface area contributed by atoms with E-state index >= 15 is 0 Å². The number of benzene rings is 6. The third kappa shape index (κ3) is 12.2. The van der Waals surface area contributed by atoms with E-state index in [1.54, 1.807) is 0 Å². The van der Waals surface area contributed by atoms with Crippen LogP contribution >= 0.6 is 22.6 Å². The van der Waals surface area contributed by atoms with Crippen molar-refractivity contribution in [3.05, 3.63) is 203 Å².